The number of carbonyl (C=O) groups is 1. The van der Waals surface area contributed by atoms with Crippen LogP contribution in [0.5, 0.6) is 5.75 Å². The summed E-state index contributed by atoms with van der Waals surface area (Å²) in [5, 5.41) is 5.40. The number of carbonyl (C=O) groups excluding carboxylic acids is 1. The lowest BCUT2D eigenvalue weighted by Crippen LogP contribution is -2.32. The first-order valence-electron chi connectivity index (χ1n) is 6.55. The van der Waals surface area contributed by atoms with Crippen molar-refractivity contribution in [3.05, 3.63) is 58.1 Å². The summed E-state index contributed by atoms with van der Waals surface area (Å²) in [6.45, 7) is 4.11. The second-order valence-corrected chi connectivity index (χ2v) is 5.52. The first-order chi connectivity index (χ1) is 10.1. The first kappa shape index (κ1) is 15.4. The summed E-state index contributed by atoms with van der Waals surface area (Å²) < 4.78 is 6.38. The zero-order valence-corrected chi connectivity index (χ0v) is 13.5. The number of amides is 2. The molecule has 21 heavy (non-hydrogen) atoms. The van der Waals surface area contributed by atoms with Crippen molar-refractivity contribution in [1.82, 2.24) is 5.32 Å². The number of ether oxygens (including phenoxy) is 1. The minimum atomic E-state index is -0.313. The van der Waals surface area contributed by atoms with Gasteiger partial charge >= 0.3 is 6.03 Å². The highest BCUT2D eigenvalue weighted by Crippen LogP contribution is 2.21. The lowest BCUT2D eigenvalue weighted by Gasteiger charge is -2.12. The summed E-state index contributed by atoms with van der Waals surface area (Å²) in [7, 11) is 0. The molecular formula is C16H17BrN2O2. The Bertz CT molecular complexity index is 644. The van der Waals surface area contributed by atoms with Crippen LogP contribution in [0.3, 0.4) is 0 Å². The zero-order valence-electron chi connectivity index (χ0n) is 11.9. The summed E-state index contributed by atoms with van der Waals surface area (Å²) in [4.78, 5) is 11.8. The molecule has 0 radical (unpaired) electrons. The quantitative estimate of drug-likeness (QED) is 0.812. The van der Waals surface area contributed by atoms with Gasteiger partial charge in [-0.25, -0.2) is 4.79 Å². The Kier molecular flexibility index (Phi) is 5.22. The zero-order chi connectivity index (χ0) is 15.2. The van der Waals surface area contributed by atoms with Crippen LogP contribution in [0, 0.1) is 13.8 Å². The number of rotatable bonds is 4. The summed E-state index contributed by atoms with van der Waals surface area (Å²) in [6, 6.07) is 13.0. The van der Waals surface area contributed by atoms with Gasteiger partial charge in [0, 0.05) is 4.47 Å². The molecule has 4 nitrogen and oxygen atoms in total. The third-order valence-electron chi connectivity index (χ3n) is 2.91. The third-order valence-corrected chi connectivity index (χ3v) is 3.60. The van der Waals surface area contributed by atoms with Crippen LogP contribution in [0.1, 0.15) is 11.1 Å². The molecule has 0 aliphatic rings. The van der Waals surface area contributed by atoms with Crippen molar-refractivity contribution in [1.29, 1.82) is 0 Å². The molecule has 0 heterocycles. The molecule has 0 saturated heterocycles. The van der Waals surface area contributed by atoms with E-state index in [0.717, 1.165) is 15.8 Å². The molecule has 110 valence electrons. The number of hydrogen-bond donors (Lipinski definition) is 2. The summed E-state index contributed by atoms with van der Waals surface area (Å²) in [5.74, 6) is 0.766. The highest BCUT2D eigenvalue weighted by atomic mass is 79.9. The molecule has 5 heteroatoms. The standard InChI is InChI=1S/C16H17BrN2O2/c1-11-7-8-15(12(2)9-11)21-10-18-16(20)19-14-6-4-3-5-13(14)17/h3-9H,10H2,1-2H3,(H2,18,19,20). The van der Waals surface area contributed by atoms with Gasteiger partial charge in [0.1, 0.15) is 5.75 Å². The van der Waals surface area contributed by atoms with Crippen molar-refractivity contribution in [2.45, 2.75) is 13.8 Å². The molecule has 0 saturated carbocycles. The summed E-state index contributed by atoms with van der Waals surface area (Å²) >= 11 is 3.37. The number of anilines is 1. The van der Waals surface area contributed by atoms with Gasteiger partial charge in [-0.05, 0) is 53.5 Å². The van der Waals surface area contributed by atoms with E-state index in [1.54, 1.807) is 0 Å². The fourth-order valence-corrected chi connectivity index (χ4v) is 2.25. The maximum Gasteiger partial charge on any atom is 0.321 e. The van der Waals surface area contributed by atoms with Gasteiger partial charge in [-0.1, -0.05) is 29.8 Å². The number of benzene rings is 2. The van der Waals surface area contributed by atoms with Crippen LogP contribution < -0.4 is 15.4 Å². The van der Waals surface area contributed by atoms with E-state index in [9.17, 15) is 4.79 Å². The lowest BCUT2D eigenvalue weighted by molar-refractivity contribution is 0.234. The Morgan fingerprint density at radius 2 is 1.95 bits per heavy atom. The average Bonchev–Trinajstić information content (AvgIpc) is 2.44. The van der Waals surface area contributed by atoms with Gasteiger partial charge in [0.15, 0.2) is 6.73 Å². The second kappa shape index (κ2) is 7.13. The van der Waals surface area contributed by atoms with Crippen molar-refractivity contribution < 1.29 is 9.53 Å². The Labute approximate surface area is 132 Å². The van der Waals surface area contributed by atoms with Gasteiger partial charge < -0.3 is 15.4 Å². The van der Waals surface area contributed by atoms with Crippen LogP contribution >= 0.6 is 15.9 Å². The maximum absolute atomic E-state index is 11.8. The predicted molar refractivity (Wildman–Crippen MR) is 87.7 cm³/mol. The molecule has 0 aromatic heterocycles. The van der Waals surface area contributed by atoms with E-state index in [4.69, 9.17) is 4.74 Å². The SMILES string of the molecule is Cc1ccc(OCNC(=O)Nc2ccccc2Br)c(C)c1. The van der Waals surface area contributed by atoms with Crippen molar-refractivity contribution in [3.8, 4) is 5.75 Å². The topological polar surface area (TPSA) is 50.4 Å². The highest BCUT2D eigenvalue weighted by Gasteiger charge is 2.05. The van der Waals surface area contributed by atoms with Crippen LogP contribution in [0.15, 0.2) is 46.9 Å². The van der Waals surface area contributed by atoms with Gasteiger partial charge in [-0.15, -0.1) is 0 Å². The number of halogens is 1. The molecule has 0 unspecified atom stereocenters. The fraction of sp³-hybridized carbons (Fsp3) is 0.188. The van der Waals surface area contributed by atoms with Gasteiger partial charge in [0.2, 0.25) is 0 Å². The van der Waals surface area contributed by atoms with E-state index < -0.39 is 0 Å². The number of nitrogens with one attached hydrogen (secondary N) is 2. The summed E-state index contributed by atoms with van der Waals surface area (Å²) in [5.41, 5.74) is 2.93. The highest BCUT2D eigenvalue weighted by molar-refractivity contribution is 9.10. The third kappa shape index (κ3) is 4.49. The largest absolute Gasteiger partial charge is 0.473 e. The van der Waals surface area contributed by atoms with Crippen LogP contribution in [0.25, 0.3) is 0 Å². The number of aryl methyl sites for hydroxylation is 2. The van der Waals surface area contributed by atoms with Crippen molar-refractivity contribution in [3.63, 3.8) is 0 Å². The van der Waals surface area contributed by atoms with Crippen LogP contribution in [-0.2, 0) is 0 Å². The minimum Gasteiger partial charge on any atom is -0.473 e. The predicted octanol–water partition coefficient (Wildman–Crippen LogP) is 4.22. The molecule has 0 bridgehead atoms. The maximum atomic E-state index is 11.8. The molecule has 0 aliphatic heterocycles. The van der Waals surface area contributed by atoms with Crippen molar-refractivity contribution in [2.24, 2.45) is 0 Å². The molecular weight excluding hydrogens is 332 g/mol. The Hall–Kier alpha value is -2.01. The summed E-state index contributed by atoms with van der Waals surface area (Å²) in [6.07, 6.45) is 0. The van der Waals surface area contributed by atoms with Gasteiger partial charge in [0.05, 0.1) is 5.69 Å². The first-order valence-corrected chi connectivity index (χ1v) is 7.35. The smallest absolute Gasteiger partial charge is 0.321 e. The van der Waals surface area contributed by atoms with E-state index >= 15 is 0 Å². The number of para-hydroxylation sites is 1. The fourth-order valence-electron chi connectivity index (χ4n) is 1.87. The molecule has 2 aromatic carbocycles. The van der Waals surface area contributed by atoms with Gasteiger partial charge in [-0.3, -0.25) is 0 Å². The number of hydrogen-bond acceptors (Lipinski definition) is 2. The van der Waals surface area contributed by atoms with Crippen LogP contribution in [-0.4, -0.2) is 12.8 Å². The van der Waals surface area contributed by atoms with Crippen LogP contribution in [0.4, 0.5) is 10.5 Å². The van der Waals surface area contributed by atoms with Crippen LogP contribution in [0.2, 0.25) is 0 Å². The molecule has 2 N–H and O–H groups in total. The normalized spacial score (nSPS) is 10.0. The number of urea groups is 1. The van der Waals surface area contributed by atoms with Crippen molar-refractivity contribution >= 4 is 27.6 Å². The van der Waals surface area contributed by atoms with E-state index in [-0.39, 0.29) is 12.8 Å². The lowest BCUT2D eigenvalue weighted by atomic mass is 10.1. The van der Waals surface area contributed by atoms with Gasteiger partial charge in [0.25, 0.3) is 0 Å². The van der Waals surface area contributed by atoms with E-state index in [1.807, 2.05) is 56.3 Å². The van der Waals surface area contributed by atoms with Gasteiger partial charge in [-0.2, -0.15) is 0 Å². The molecule has 2 rings (SSSR count). The molecule has 0 fully saturated rings. The molecule has 0 atom stereocenters. The second-order valence-electron chi connectivity index (χ2n) is 4.67. The molecule has 0 spiro atoms. The molecule has 2 aromatic rings. The monoisotopic (exact) mass is 348 g/mol. The van der Waals surface area contributed by atoms with Crippen molar-refractivity contribution in [2.75, 3.05) is 12.0 Å². The molecule has 0 aliphatic carbocycles. The Morgan fingerprint density at radius 1 is 1.19 bits per heavy atom. The molecule has 2 amide bonds. The average molecular weight is 349 g/mol. The van der Waals surface area contributed by atoms with E-state index in [1.165, 1.54) is 5.56 Å². The Balaban J connectivity index is 1.83. The Morgan fingerprint density at radius 3 is 2.67 bits per heavy atom. The minimum absolute atomic E-state index is 0.111. The van der Waals surface area contributed by atoms with E-state index in [2.05, 4.69) is 26.6 Å². The van der Waals surface area contributed by atoms with E-state index in [0.29, 0.717) is 5.69 Å².